The van der Waals surface area contributed by atoms with Gasteiger partial charge in [0.2, 0.25) is 5.89 Å². The molecule has 1 aromatic heterocycles. The Morgan fingerprint density at radius 2 is 2.14 bits per heavy atom. The first-order chi connectivity index (χ1) is 10.8. The lowest BCUT2D eigenvalue weighted by molar-refractivity contribution is 0.322. The van der Waals surface area contributed by atoms with Gasteiger partial charge in [-0.05, 0) is 44.2 Å². The summed E-state index contributed by atoms with van der Waals surface area (Å²) < 4.78 is 5.40. The summed E-state index contributed by atoms with van der Waals surface area (Å²) in [6.07, 6.45) is 8.90. The van der Waals surface area contributed by atoms with E-state index in [1.165, 1.54) is 24.8 Å². The van der Waals surface area contributed by atoms with Crippen LogP contribution in [0.1, 0.15) is 49.5 Å². The van der Waals surface area contributed by atoms with Crippen molar-refractivity contribution in [2.45, 2.75) is 38.6 Å². The molecule has 4 nitrogen and oxygen atoms in total. The van der Waals surface area contributed by atoms with Crippen molar-refractivity contribution in [3.63, 3.8) is 0 Å². The lowest BCUT2D eigenvalue weighted by atomic mass is 9.94. The average Bonchev–Trinajstić information content (AvgIpc) is 3.03. The lowest BCUT2D eigenvalue weighted by Crippen LogP contribution is -2.26. The van der Waals surface area contributed by atoms with Gasteiger partial charge in [0.15, 0.2) is 5.82 Å². The smallest absolute Gasteiger partial charge is 0.243 e. The molecule has 116 valence electrons. The second-order valence-corrected chi connectivity index (χ2v) is 5.99. The van der Waals surface area contributed by atoms with Crippen LogP contribution in [0.2, 0.25) is 0 Å². The molecule has 2 atom stereocenters. The van der Waals surface area contributed by atoms with Gasteiger partial charge >= 0.3 is 0 Å². The van der Waals surface area contributed by atoms with Crippen molar-refractivity contribution in [3.8, 4) is 0 Å². The first-order valence-electron chi connectivity index (χ1n) is 8.06. The van der Waals surface area contributed by atoms with Gasteiger partial charge in [-0.1, -0.05) is 47.6 Å². The predicted octanol–water partition coefficient (Wildman–Crippen LogP) is 3.67. The van der Waals surface area contributed by atoms with Gasteiger partial charge < -0.3 is 9.84 Å². The van der Waals surface area contributed by atoms with Gasteiger partial charge in [0, 0.05) is 6.42 Å². The van der Waals surface area contributed by atoms with Gasteiger partial charge in [0.25, 0.3) is 0 Å². The maximum absolute atomic E-state index is 5.40. The van der Waals surface area contributed by atoms with E-state index in [9.17, 15) is 0 Å². The molecule has 0 radical (unpaired) electrons. The van der Waals surface area contributed by atoms with Crippen LogP contribution in [0.15, 0.2) is 47.0 Å². The van der Waals surface area contributed by atoms with Crippen molar-refractivity contribution >= 4 is 0 Å². The van der Waals surface area contributed by atoms with Crippen LogP contribution in [0.4, 0.5) is 0 Å². The van der Waals surface area contributed by atoms with Crippen LogP contribution >= 0.6 is 0 Å². The molecule has 1 heterocycles. The fourth-order valence-electron chi connectivity index (χ4n) is 2.77. The van der Waals surface area contributed by atoms with Crippen molar-refractivity contribution in [2.24, 2.45) is 5.92 Å². The molecule has 4 heteroatoms. The van der Waals surface area contributed by atoms with E-state index in [2.05, 4.69) is 46.7 Å². The van der Waals surface area contributed by atoms with Crippen molar-refractivity contribution in [1.82, 2.24) is 15.5 Å². The fourth-order valence-corrected chi connectivity index (χ4v) is 2.77. The van der Waals surface area contributed by atoms with Gasteiger partial charge in [0.05, 0.1) is 6.04 Å². The molecule has 0 spiro atoms. The van der Waals surface area contributed by atoms with E-state index in [4.69, 9.17) is 4.52 Å². The molecule has 1 aliphatic rings. The molecule has 2 aromatic rings. The zero-order chi connectivity index (χ0) is 15.2. The minimum Gasteiger partial charge on any atom is -0.338 e. The molecule has 0 fully saturated rings. The van der Waals surface area contributed by atoms with Crippen LogP contribution in [0.25, 0.3) is 0 Å². The van der Waals surface area contributed by atoms with E-state index in [1.54, 1.807) is 0 Å². The van der Waals surface area contributed by atoms with Crippen molar-refractivity contribution in [3.05, 3.63) is 59.8 Å². The third kappa shape index (κ3) is 4.04. The quantitative estimate of drug-likeness (QED) is 0.827. The highest BCUT2D eigenvalue weighted by atomic mass is 16.5. The highest BCUT2D eigenvalue weighted by Crippen LogP contribution is 2.19. The molecular formula is C18H23N3O. The Hall–Kier alpha value is -1.94. The van der Waals surface area contributed by atoms with Crippen LogP contribution in [-0.2, 0) is 6.42 Å². The summed E-state index contributed by atoms with van der Waals surface area (Å²) in [6.45, 7) is 3.08. The predicted molar refractivity (Wildman–Crippen MR) is 86.4 cm³/mol. The SMILES string of the molecule is CC(NCC1CC=CCC1)c1nc(Cc2ccccc2)no1. The Balaban J connectivity index is 1.52. The van der Waals surface area contributed by atoms with Crippen molar-refractivity contribution in [2.75, 3.05) is 6.54 Å². The zero-order valence-corrected chi connectivity index (χ0v) is 13.0. The average molecular weight is 297 g/mol. The topological polar surface area (TPSA) is 51.0 Å². The first kappa shape index (κ1) is 15.0. The highest BCUT2D eigenvalue weighted by Gasteiger charge is 2.16. The number of nitrogens with one attached hydrogen (secondary N) is 1. The van der Waals surface area contributed by atoms with Gasteiger partial charge in [-0.15, -0.1) is 0 Å². The van der Waals surface area contributed by atoms with E-state index >= 15 is 0 Å². The van der Waals surface area contributed by atoms with Crippen LogP contribution < -0.4 is 5.32 Å². The van der Waals surface area contributed by atoms with Gasteiger partial charge in [-0.2, -0.15) is 4.98 Å². The number of nitrogens with zero attached hydrogens (tertiary/aromatic N) is 2. The van der Waals surface area contributed by atoms with Crippen molar-refractivity contribution in [1.29, 1.82) is 0 Å². The number of hydrogen-bond acceptors (Lipinski definition) is 4. The fraction of sp³-hybridized carbons (Fsp3) is 0.444. The lowest BCUT2D eigenvalue weighted by Gasteiger charge is -2.19. The van der Waals surface area contributed by atoms with Crippen molar-refractivity contribution < 1.29 is 4.52 Å². The normalized spacial score (nSPS) is 19.2. The molecule has 3 rings (SSSR count). The molecule has 1 aromatic carbocycles. The molecule has 0 saturated carbocycles. The summed E-state index contributed by atoms with van der Waals surface area (Å²) in [6, 6.07) is 10.3. The van der Waals surface area contributed by atoms with Crippen LogP contribution in [0.3, 0.4) is 0 Å². The van der Waals surface area contributed by atoms with E-state index in [-0.39, 0.29) is 6.04 Å². The summed E-state index contributed by atoms with van der Waals surface area (Å²) in [4.78, 5) is 4.51. The van der Waals surface area contributed by atoms with Gasteiger partial charge in [-0.3, -0.25) is 0 Å². The zero-order valence-electron chi connectivity index (χ0n) is 13.0. The molecule has 2 unspecified atom stereocenters. The van der Waals surface area contributed by atoms with Crippen LogP contribution in [0, 0.1) is 5.92 Å². The Kier molecular flexibility index (Phi) is 5.01. The minimum absolute atomic E-state index is 0.0999. The Morgan fingerprint density at radius 1 is 1.27 bits per heavy atom. The summed E-state index contributed by atoms with van der Waals surface area (Å²) >= 11 is 0. The first-order valence-corrected chi connectivity index (χ1v) is 8.06. The minimum atomic E-state index is 0.0999. The summed E-state index contributed by atoms with van der Waals surface area (Å²) in [5.41, 5.74) is 1.20. The van der Waals surface area contributed by atoms with E-state index < -0.39 is 0 Å². The largest absolute Gasteiger partial charge is 0.338 e. The molecule has 22 heavy (non-hydrogen) atoms. The highest BCUT2D eigenvalue weighted by molar-refractivity contribution is 5.18. The molecule has 1 N–H and O–H groups in total. The second-order valence-electron chi connectivity index (χ2n) is 5.99. The Morgan fingerprint density at radius 3 is 2.91 bits per heavy atom. The Labute approximate surface area is 131 Å². The van der Waals surface area contributed by atoms with Crippen LogP contribution in [-0.4, -0.2) is 16.7 Å². The number of aromatic nitrogens is 2. The Bertz CT molecular complexity index is 606. The number of hydrogen-bond donors (Lipinski definition) is 1. The maximum atomic E-state index is 5.40. The van der Waals surface area contributed by atoms with E-state index in [0.29, 0.717) is 12.3 Å². The van der Waals surface area contributed by atoms with E-state index in [1.807, 2.05) is 18.2 Å². The number of rotatable bonds is 6. The maximum Gasteiger partial charge on any atom is 0.243 e. The van der Waals surface area contributed by atoms with Crippen LogP contribution in [0.5, 0.6) is 0 Å². The third-order valence-electron chi connectivity index (χ3n) is 4.15. The summed E-state index contributed by atoms with van der Waals surface area (Å²) in [5, 5.41) is 7.61. The molecule has 0 bridgehead atoms. The summed E-state index contributed by atoms with van der Waals surface area (Å²) in [7, 11) is 0. The second kappa shape index (κ2) is 7.36. The standard InChI is InChI=1S/C18H23N3O/c1-14(19-13-16-10-6-3-7-11-16)18-20-17(21-22-18)12-15-8-4-2-5-9-15/h2-6,8-9,14,16,19H,7,10-13H2,1H3. The molecule has 0 amide bonds. The molecule has 1 aliphatic carbocycles. The van der Waals surface area contributed by atoms with Gasteiger partial charge in [-0.25, -0.2) is 0 Å². The van der Waals surface area contributed by atoms with E-state index in [0.717, 1.165) is 18.3 Å². The summed E-state index contributed by atoms with van der Waals surface area (Å²) in [5.74, 6) is 2.15. The molecule has 0 saturated heterocycles. The number of allylic oxidation sites excluding steroid dienone is 2. The monoisotopic (exact) mass is 297 g/mol. The third-order valence-corrected chi connectivity index (χ3v) is 4.15. The molecular weight excluding hydrogens is 274 g/mol. The number of benzene rings is 1. The molecule has 0 aliphatic heterocycles. The van der Waals surface area contributed by atoms with Gasteiger partial charge in [0.1, 0.15) is 0 Å².